The highest BCUT2D eigenvalue weighted by Crippen LogP contribution is 2.21. The smallest absolute Gasteiger partial charge is 0.101 e. The number of hydrogen-bond donors (Lipinski definition) is 0. The average molecular weight is 247 g/mol. The summed E-state index contributed by atoms with van der Waals surface area (Å²) < 4.78 is 0. The molecule has 2 aromatic carbocycles. The summed E-state index contributed by atoms with van der Waals surface area (Å²) >= 11 is 0. The second-order valence-corrected chi connectivity index (χ2v) is 4.25. The van der Waals surface area contributed by atoms with E-state index in [1.54, 1.807) is 12.1 Å². The quantitative estimate of drug-likeness (QED) is 0.837. The Labute approximate surface area is 112 Å². The molecule has 19 heavy (non-hydrogen) atoms. The Hall–Kier alpha value is -2.78. The van der Waals surface area contributed by atoms with E-state index in [1.807, 2.05) is 48.3 Å². The van der Waals surface area contributed by atoms with Gasteiger partial charge in [0.15, 0.2) is 0 Å². The highest BCUT2D eigenvalue weighted by Gasteiger charge is 2.09. The molecule has 0 fully saturated rings. The molecule has 0 spiro atoms. The van der Waals surface area contributed by atoms with Gasteiger partial charge in [-0.05, 0) is 23.8 Å². The third-order valence-electron chi connectivity index (χ3n) is 2.98. The first-order valence-corrected chi connectivity index (χ1v) is 5.94. The predicted octanol–water partition coefficient (Wildman–Crippen LogP) is 3.07. The van der Waals surface area contributed by atoms with Crippen LogP contribution < -0.4 is 4.90 Å². The SMILES string of the molecule is CN(Cc1ccccc1C#N)c1ccccc1C#N. The van der Waals surface area contributed by atoms with E-state index in [-0.39, 0.29) is 0 Å². The van der Waals surface area contributed by atoms with Crippen LogP contribution in [0.1, 0.15) is 16.7 Å². The molecule has 2 aromatic rings. The number of nitrogens with zero attached hydrogens (tertiary/aromatic N) is 3. The van der Waals surface area contributed by atoms with E-state index in [0.29, 0.717) is 17.7 Å². The van der Waals surface area contributed by atoms with Gasteiger partial charge in [-0.15, -0.1) is 0 Å². The number of nitriles is 2. The molecule has 0 atom stereocenters. The zero-order valence-electron chi connectivity index (χ0n) is 10.7. The summed E-state index contributed by atoms with van der Waals surface area (Å²) in [5.74, 6) is 0. The van der Waals surface area contributed by atoms with E-state index >= 15 is 0 Å². The van der Waals surface area contributed by atoms with Crippen LogP contribution in [0.3, 0.4) is 0 Å². The van der Waals surface area contributed by atoms with Crippen LogP contribution in [0.2, 0.25) is 0 Å². The molecule has 92 valence electrons. The van der Waals surface area contributed by atoms with Gasteiger partial charge in [-0.3, -0.25) is 0 Å². The molecule has 0 heterocycles. The van der Waals surface area contributed by atoms with Crippen molar-refractivity contribution in [2.75, 3.05) is 11.9 Å². The minimum absolute atomic E-state index is 0.600. The summed E-state index contributed by atoms with van der Waals surface area (Å²) in [6, 6.07) is 19.3. The van der Waals surface area contributed by atoms with Crippen molar-refractivity contribution >= 4 is 5.69 Å². The van der Waals surface area contributed by atoms with E-state index < -0.39 is 0 Å². The molecule has 3 heteroatoms. The lowest BCUT2D eigenvalue weighted by Crippen LogP contribution is -2.18. The average Bonchev–Trinajstić information content (AvgIpc) is 2.47. The summed E-state index contributed by atoms with van der Waals surface area (Å²) in [6.07, 6.45) is 0. The van der Waals surface area contributed by atoms with E-state index in [2.05, 4.69) is 12.1 Å². The maximum atomic E-state index is 9.11. The lowest BCUT2D eigenvalue weighted by Gasteiger charge is -2.21. The fraction of sp³-hybridized carbons (Fsp3) is 0.125. The Morgan fingerprint density at radius 1 is 0.895 bits per heavy atom. The van der Waals surface area contributed by atoms with Gasteiger partial charge in [0.05, 0.1) is 22.9 Å². The number of hydrogen-bond acceptors (Lipinski definition) is 3. The molecular weight excluding hydrogens is 234 g/mol. The summed E-state index contributed by atoms with van der Waals surface area (Å²) in [5.41, 5.74) is 3.14. The molecule has 0 aromatic heterocycles. The minimum atomic E-state index is 0.600. The highest BCUT2D eigenvalue weighted by molar-refractivity contribution is 5.59. The summed E-state index contributed by atoms with van der Waals surface area (Å²) in [6.45, 7) is 0.600. The van der Waals surface area contributed by atoms with E-state index in [0.717, 1.165) is 11.3 Å². The summed E-state index contributed by atoms with van der Waals surface area (Å²) in [5, 5.41) is 18.2. The van der Waals surface area contributed by atoms with Crippen LogP contribution in [0.4, 0.5) is 5.69 Å². The maximum absolute atomic E-state index is 9.11. The molecular formula is C16H13N3. The minimum Gasteiger partial charge on any atom is -0.369 e. The largest absolute Gasteiger partial charge is 0.369 e. The van der Waals surface area contributed by atoms with Gasteiger partial charge in [0.1, 0.15) is 6.07 Å². The van der Waals surface area contributed by atoms with Crippen molar-refractivity contribution in [2.45, 2.75) is 6.54 Å². The van der Waals surface area contributed by atoms with E-state index in [9.17, 15) is 0 Å². The Bertz CT molecular complexity index is 662. The number of benzene rings is 2. The van der Waals surface area contributed by atoms with Crippen LogP contribution in [0.25, 0.3) is 0 Å². The van der Waals surface area contributed by atoms with Gasteiger partial charge < -0.3 is 4.90 Å². The molecule has 0 aliphatic carbocycles. The second kappa shape index (κ2) is 5.71. The molecule has 0 amide bonds. The van der Waals surface area contributed by atoms with Crippen molar-refractivity contribution in [3.8, 4) is 12.1 Å². The van der Waals surface area contributed by atoms with Crippen LogP contribution in [0.5, 0.6) is 0 Å². The van der Waals surface area contributed by atoms with Gasteiger partial charge in [-0.1, -0.05) is 30.3 Å². The number of para-hydroxylation sites is 1. The van der Waals surface area contributed by atoms with Gasteiger partial charge in [0.2, 0.25) is 0 Å². The lowest BCUT2D eigenvalue weighted by molar-refractivity contribution is 0.917. The van der Waals surface area contributed by atoms with Crippen molar-refractivity contribution in [2.24, 2.45) is 0 Å². The molecule has 0 unspecified atom stereocenters. The Balaban J connectivity index is 2.29. The Morgan fingerprint density at radius 2 is 1.47 bits per heavy atom. The third-order valence-corrected chi connectivity index (χ3v) is 2.98. The van der Waals surface area contributed by atoms with Crippen molar-refractivity contribution in [1.82, 2.24) is 0 Å². The standard InChI is InChI=1S/C16H13N3/c1-19(16-9-5-4-7-14(16)11-18)12-15-8-3-2-6-13(15)10-17/h2-9H,12H2,1H3. The normalized spacial score (nSPS) is 9.42. The lowest BCUT2D eigenvalue weighted by atomic mass is 10.1. The Kier molecular flexibility index (Phi) is 3.81. The topological polar surface area (TPSA) is 50.8 Å². The summed E-state index contributed by atoms with van der Waals surface area (Å²) in [7, 11) is 1.92. The first-order valence-electron chi connectivity index (χ1n) is 5.94. The zero-order chi connectivity index (χ0) is 13.7. The van der Waals surface area contributed by atoms with E-state index in [1.165, 1.54) is 0 Å². The molecule has 3 nitrogen and oxygen atoms in total. The first-order chi connectivity index (χ1) is 9.26. The van der Waals surface area contributed by atoms with Gasteiger partial charge in [-0.25, -0.2) is 0 Å². The van der Waals surface area contributed by atoms with Gasteiger partial charge in [0, 0.05) is 13.6 Å². The predicted molar refractivity (Wildman–Crippen MR) is 74.4 cm³/mol. The molecule has 0 aliphatic heterocycles. The molecule has 0 saturated heterocycles. The number of anilines is 1. The van der Waals surface area contributed by atoms with Crippen LogP contribution in [-0.4, -0.2) is 7.05 Å². The number of rotatable bonds is 3. The highest BCUT2D eigenvalue weighted by atomic mass is 15.1. The van der Waals surface area contributed by atoms with Gasteiger partial charge >= 0.3 is 0 Å². The maximum Gasteiger partial charge on any atom is 0.101 e. The molecule has 0 saturated carbocycles. The first kappa shape index (κ1) is 12.7. The molecule has 0 radical (unpaired) electrons. The zero-order valence-corrected chi connectivity index (χ0v) is 10.7. The van der Waals surface area contributed by atoms with Crippen molar-refractivity contribution in [1.29, 1.82) is 10.5 Å². The van der Waals surface area contributed by atoms with Crippen LogP contribution >= 0.6 is 0 Å². The van der Waals surface area contributed by atoms with E-state index in [4.69, 9.17) is 10.5 Å². The molecule has 0 aliphatic rings. The van der Waals surface area contributed by atoms with Crippen LogP contribution in [-0.2, 0) is 6.54 Å². The molecule has 2 rings (SSSR count). The Morgan fingerprint density at radius 3 is 2.16 bits per heavy atom. The van der Waals surface area contributed by atoms with Crippen LogP contribution in [0.15, 0.2) is 48.5 Å². The van der Waals surface area contributed by atoms with Gasteiger partial charge in [-0.2, -0.15) is 10.5 Å². The molecule has 0 bridgehead atoms. The third kappa shape index (κ3) is 2.73. The van der Waals surface area contributed by atoms with Gasteiger partial charge in [0.25, 0.3) is 0 Å². The van der Waals surface area contributed by atoms with Crippen molar-refractivity contribution < 1.29 is 0 Å². The van der Waals surface area contributed by atoms with Crippen molar-refractivity contribution in [3.63, 3.8) is 0 Å². The fourth-order valence-corrected chi connectivity index (χ4v) is 2.01. The van der Waals surface area contributed by atoms with Crippen molar-refractivity contribution in [3.05, 3.63) is 65.2 Å². The van der Waals surface area contributed by atoms with Crippen LogP contribution in [0, 0.1) is 22.7 Å². The summed E-state index contributed by atoms with van der Waals surface area (Å²) in [4.78, 5) is 1.98. The monoisotopic (exact) mass is 247 g/mol. The second-order valence-electron chi connectivity index (χ2n) is 4.25. The molecule has 0 N–H and O–H groups in total. The fourth-order valence-electron chi connectivity index (χ4n) is 2.01.